The number of sulfonamides is 1. The van der Waals surface area contributed by atoms with Gasteiger partial charge in [0.25, 0.3) is 15.9 Å². The highest BCUT2D eigenvalue weighted by molar-refractivity contribution is 7.92. The fourth-order valence-corrected chi connectivity index (χ4v) is 3.78. The number of ether oxygens (including phenoxy) is 1. The van der Waals surface area contributed by atoms with Crippen molar-refractivity contribution in [1.29, 1.82) is 0 Å². The highest BCUT2D eigenvalue weighted by Gasteiger charge is 2.20. The molecule has 1 aromatic heterocycles. The van der Waals surface area contributed by atoms with Gasteiger partial charge in [-0.15, -0.1) is 0 Å². The number of halogens is 1. The lowest BCUT2D eigenvalue weighted by atomic mass is 10.2. The van der Waals surface area contributed by atoms with Crippen molar-refractivity contribution in [3.63, 3.8) is 0 Å². The van der Waals surface area contributed by atoms with Gasteiger partial charge in [0.05, 0.1) is 4.90 Å². The molecular weight excluding hydrogens is 426 g/mol. The summed E-state index contributed by atoms with van der Waals surface area (Å²) in [5.74, 6) is 0.366. The summed E-state index contributed by atoms with van der Waals surface area (Å²) in [5, 5.41) is 3.24. The van der Waals surface area contributed by atoms with Crippen LogP contribution in [0.25, 0.3) is 0 Å². The van der Waals surface area contributed by atoms with Crippen molar-refractivity contribution >= 4 is 39.0 Å². The summed E-state index contributed by atoms with van der Waals surface area (Å²) >= 11 is 5.94. The molecule has 0 saturated heterocycles. The van der Waals surface area contributed by atoms with E-state index < -0.39 is 16.1 Å². The number of anilines is 2. The Kier molecular flexibility index (Phi) is 6.91. The zero-order valence-corrected chi connectivity index (χ0v) is 17.7. The largest absolute Gasteiger partial charge is 0.481 e. The van der Waals surface area contributed by atoms with Gasteiger partial charge in [-0.25, -0.2) is 13.4 Å². The number of hydrogen-bond donors (Lipinski definition) is 2. The molecule has 0 bridgehead atoms. The Labute approximate surface area is 180 Å². The van der Waals surface area contributed by atoms with Crippen LogP contribution < -0.4 is 14.8 Å². The van der Waals surface area contributed by atoms with Crippen LogP contribution in [0.5, 0.6) is 5.75 Å². The summed E-state index contributed by atoms with van der Waals surface area (Å²) in [6.45, 7) is 1.83. The van der Waals surface area contributed by atoms with E-state index in [2.05, 4.69) is 15.0 Å². The standard InChI is InChI=1S/C21H20ClN3O4S/c1-2-19(29-17-7-5-6-15(22)14-17)21(26)24-16-9-11-18(12-10-16)30(27,28)25-20-8-3-4-13-23-20/h3-14,19H,2H2,1H3,(H,23,25)(H,24,26)/t19-/m1/s1. The highest BCUT2D eigenvalue weighted by Crippen LogP contribution is 2.21. The number of amides is 1. The number of aromatic nitrogens is 1. The van der Waals surface area contributed by atoms with Crippen LogP contribution in [0.1, 0.15) is 13.3 Å². The topological polar surface area (TPSA) is 97.4 Å². The molecule has 0 fully saturated rings. The van der Waals surface area contributed by atoms with Crippen LogP contribution in [-0.4, -0.2) is 25.4 Å². The molecule has 30 heavy (non-hydrogen) atoms. The number of benzene rings is 2. The lowest BCUT2D eigenvalue weighted by molar-refractivity contribution is -0.122. The van der Waals surface area contributed by atoms with Crippen molar-refractivity contribution < 1.29 is 17.9 Å². The molecule has 0 radical (unpaired) electrons. The third-order valence-corrected chi connectivity index (χ3v) is 5.68. The zero-order valence-electron chi connectivity index (χ0n) is 16.1. The third kappa shape index (κ3) is 5.71. The molecule has 1 atom stereocenters. The minimum absolute atomic E-state index is 0.0494. The van der Waals surface area contributed by atoms with Gasteiger partial charge in [-0.3, -0.25) is 9.52 Å². The van der Waals surface area contributed by atoms with Gasteiger partial charge in [0, 0.05) is 16.9 Å². The van der Waals surface area contributed by atoms with Crippen molar-refractivity contribution in [2.24, 2.45) is 0 Å². The number of carbonyl (C=O) groups is 1. The Morgan fingerprint density at radius 2 is 1.87 bits per heavy atom. The van der Waals surface area contributed by atoms with Gasteiger partial charge < -0.3 is 10.1 Å². The van der Waals surface area contributed by atoms with Crippen LogP contribution >= 0.6 is 11.6 Å². The molecule has 9 heteroatoms. The Morgan fingerprint density at radius 3 is 2.50 bits per heavy atom. The fourth-order valence-electron chi connectivity index (χ4n) is 2.59. The highest BCUT2D eigenvalue weighted by atomic mass is 35.5. The summed E-state index contributed by atoms with van der Waals surface area (Å²) in [7, 11) is -3.79. The van der Waals surface area contributed by atoms with Crippen molar-refractivity contribution in [2.45, 2.75) is 24.3 Å². The molecule has 7 nitrogen and oxygen atoms in total. The molecule has 0 aliphatic rings. The lowest BCUT2D eigenvalue weighted by Gasteiger charge is -2.17. The summed E-state index contributed by atoms with van der Waals surface area (Å²) in [6, 6.07) is 17.5. The van der Waals surface area contributed by atoms with Crippen LogP contribution in [0.2, 0.25) is 5.02 Å². The Hall–Kier alpha value is -3.10. The van der Waals surface area contributed by atoms with Crippen LogP contribution in [0.15, 0.2) is 77.8 Å². The van der Waals surface area contributed by atoms with E-state index in [1.807, 2.05) is 6.92 Å². The maximum absolute atomic E-state index is 12.5. The first-order chi connectivity index (χ1) is 14.4. The minimum atomic E-state index is -3.79. The second kappa shape index (κ2) is 9.60. The first-order valence-corrected chi connectivity index (χ1v) is 11.0. The average Bonchev–Trinajstić information content (AvgIpc) is 2.73. The summed E-state index contributed by atoms with van der Waals surface area (Å²) in [5.41, 5.74) is 0.449. The predicted molar refractivity (Wildman–Crippen MR) is 116 cm³/mol. The van der Waals surface area contributed by atoms with E-state index in [1.165, 1.54) is 30.5 Å². The normalized spacial score (nSPS) is 12.1. The van der Waals surface area contributed by atoms with Crippen LogP contribution in [0, 0.1) is 0 Å². The van der Waals surface area contributed by atoms with E-state index in [1.54, 1.807) is 42.5 Å². The van der Waals surface area contributed by atoms with Crippen LogP contribution in [0.3, 0.4) is 0 Å². The quantitative estimate of drug-likeness (QED) is 0.537. The molecule has 2 N–H and O–H groups in total. The summed E-state index contributed by atoms with van der Waals surface area (Å²) in [4.78, 5) is 16.5. The number of nitrogens with zero attached hydrogens (tertiary/aromatic N) is 1. The second-order valence-corrected chi connectivity index (χ2v) is 8.43. The molecule has 1 heterocycles. The van der Waals surface area contributed by atoms with Gasteiger partial charge in [0.1, 0.15) is 11.6 Å². The third-order valence-electron chi connectivity index (χ3n) is 4.07. The van der Waals surface area contributed by atoms with Crippen LogP contribution in [0.4, 0.5) is 11.5 Å². The van der Waals surface area contributed by atoms with E-state index in [0.29, 0.717) is 22.9 Å². The zero-order chi connectivity index (χ0) is 21.6. The maximum atomic E-state index is 12.5. The first-order valence-electron chi connectivity index (χ1n) is 9.14. The van der Waals surface area contributed by atoms with Gasteiger partial charge in [-0.1, -0.05) is 30.7 Å². The molecule has 2 aromatic carbocycles. The van der Waals surface area contributed by atoms with Gasteiger partial charge in [-0.05, 0) is 61.0 Å². The number of nitrogens with one attached hydrogen (secondary N) is 2. The summed E-state index contributed by atoms with van der Waals surface area (Å²) < 4.78 is 33.0. The van der Waals surface area contributed by atoms with E-state index in [9.17, 15) is 13.2 Å². The maximum Gasteiger partial charge on any atom is 0.265 e. The van der Waals surface area contributed by atoms with Crippen molar-refractivity contribution in [2.75, 3.05) is 10.0 Å². The Bertz CT molecular complexity index is 1110. The molecule has 0 aliphatic heterocycles. The van der Waals surface area contributed by atoms with Crippen molar-refractivity contribution in [1.82, 2.24) is 4.98 Å². The predicted octanol–water partition coefficient (Wildman–Crippen LogP) is 4.33. The molecule has 0 spiro atoms. The second-order valence-electron chi connectivity index (χ2n) is 6.31. The van der Waals surface area contributed by atoms with Crippen LogP contribution in [-0.2, 0) is 14.8 Å². The van der Waals surface area contributed by atoms with Gasteiger partial charge in [0.15, 0.2) is 6.10 Å². The fraction of sp³-hybridized carbons (Fsp3) is 0.143. The first kappa shape index (κ1) is 21.6. The van der Waals surface area contributed by atoms with Gasteiger partial charge >= 0.3 is 0 Å². The molecule has 3 aromatic rings. The molecule has 3 rings (SSSR count). The monoisotopic (exact) mass is 445 g/mol. The number of hydrogen-bond acceptors (Lipinski definition) is 5. The molecule has 156 valence electrons. The molecule has 0 saturated carbocycles. The lowest BCUT2D eigenvalue weighted by Crippen LogP contribution is -2.32. The molecule has 0 aliphatic carbocycles. The average molecular weight is 446 g/mol. The number of pyridine rings is 1. The van der Waals surface area contributed by atoms with Crippen molar-refractivity contribution in [3.8, 4) is 5.75 Å². The molecule has 0 unspecified atom stereocenters. The van der Waals surface area contributed by atoms with Gasteiger partial charge in [-0.2, -0.15) is 0 Å². The number of rotatable bonds is 8. The van der Waals surface area contributed by atoms with Crippen molar-refractivity contribution in [3.05, 3.63) is 77.9 Å². The van der Waals surface area contributed by atoms with E-state index >= 15 is 0 Å². The minimum Gasteiger partial charge on any atom is -0.481 e. The molecule has 1 amide bonds. The van der Waals surface area contributed by atoms with E-state index in [4.69, 9.17) is 16.3 Å². The van der Waals surface area contributed by atoms with Gasteiger partial charge in [0.2, 0.25) is 0 Å². The Balaban J connectivity index is 1.66. The Morgan fingerprint density at radius 1 is 1.10 bits per heavy atom. The smallest absolute Gasteiger partial charge is 0.265 e. The van der Waals surface area contributed by atoms with E-state index in [0.717, 1.165) is 0 Å². The SMILES string of the molecule is CC[C@@H](Oc1cccc(Cl)c1)C(=O)Nc1ccc(S(=O)(=O)Nc2ccccn2)cc1. The summed E-state index contributed by atoms with van der Waals surface area (Å²) in [6.07, 6.45) is 1.21. The van der Waals surface area contributed by atoms with E-state index in [-0.39, 0.29) is 16.6 Å². The molecular formula is C21H20ClN3O4S. The number of carbonyl (C=O) groups excluding carboxylic acids is 1.